The number of amides is 1. The minimum atomic E-state index is -1.37. The van der Waals surface area contributed by atoms with Gasteiger partial charge in [0.2, 0.25) is 0 Å². The highest BCUT2D eigenvalue weighted by Crippen LogP contribution is 2.39. The number of ether oxygens (including phenoxy) is 5. The van der Waals surface area contributed by atoms with Crippen LogP contribution in [0.1, 0.15) is 34.6 Å². The number of aliphatic carboxylic acids is 1. The zero-order chi connectivity index (χ0) is 18.3. The van der Waals surface area contributed by atoms with Gasteiger partial charge in [0.15, 0.2) is 18.1 Å². The number of carbonyl (C=O) groups is 2. The smallest absolute Gasteiger partial charge is 0.408 e. The molecule has 0 spiro atoms. The Hall–Kier alpha value is -1.42. The van der Waals surface area contributed by atoms with Gasteiger partial charge >= 0.3 is 12.1 Å². The van der Waals surface area contributed by atoms with Gasteiger partial charge in [0.05, 0.1) is 0 Å². The standard InChI is InChI=1S/C15H25NO8/c1-14(2,3)24-13(19)16-7(11(17)18)8-9(20-6)10-12(21-8)23-15(4,5)22-10/h7-10,12H,1-6H3,(H,16,19)(H,17,18)/t7-,8?,9?,10?,12?/m1/s1. The van der Waals surface area contributed by atoms with Gasteiger partial charge in [-0.1, -0.05) is 0 Å². The van der Waals surface area contributed by atoms with Crippen LogP contribution in [0.25, 0.3) is 0 Å². The summed E-state index contributed by atoms with van der Waals surface area (Å²) in [5.74, 6) is -2.12. The number of fused-ring (bicyclic) bond motifs is 1. The highest BCUT2D eigenvalue weighted by Gasteiger charge is 2.58. The highest BCUT2D eigenvalue weighted by molar-refractivity contribution is 5.80. The molecular formula is C15H25NO8. The topological polar surface area (TPSA) is 113 Å². The van der Waals surface area contributed by atoms with Crippen molar-refractivity contribution in [2.75, 3.05) is 7.11 Å². The molecule has 5 atom stereocenters. The van der Waals surface area contributed by atoms with Crippen LogP contribution in [0.3, 0.4) is 0 Å². The third-order valence-corrected chi connectivity index (χ3v) is 3.57. The molecule has 0 bridgehead atoms. The van der Waals surface area contributed by atoms with E-state index in [4.69, 9.17) is 23.7 Å². The lowest BCUT2D eigenvalue weighted by atomic mass is 10.0. The molecule has 24 heavy (non-hydrogen) atoms. The van der Waals surface area contributed by atoms with Crippen molar-refractivity contribution in [3.05, 3.63) is 0 Å². The van der Waals surface area contributed by atoms with Gasteiger partial charge in [0.1, 0.15) is 23.9 Å². The molecule has 0 aromatic carbocycles. The summed E-state index contributed by atoms with van der Waals surface area (Å²) >= 11 is 0. The molecule has 1 amide bonds. The number of hydrogen-bond acceptors (Lipinski definition) is 7. The number of alkyl carbamates (subject to hydrolysis) is 1. The molecule has 9 heteroatoms. The Morgan fingerprint density at radius 1 is 1.25 bits per heavy atom. The maximum Gasteiger partial charge on any atom is 0.408 e. The molecule has 2 fully saturated rings. The fourth-order valence-electron chi connectivity index (χ4n) is 2.76. The Morgan fingerprint density at radius 2 is 1.88 bits per heavy atom. The first-order chi connectivity index (χ1) is 10.9. The van der Waals surface area contributed by atoms with Crippen molar-refractivity contribution in [2.45, 2.75) is 76.7 Å². The van der Waals surface area contributed by atoms with Crippen LogP contribution in [-0.2, 0) is 28.5 Å². The van der Waals surface area contributed by atoms with Crippen molar-refractivity contribution >= 4 is 12.1 Å². The molecule has 0 aliphatic carbocycles. The van der Waals surface area contributed by atoms with E-state index in [9.17, 15) is 14.7 Å². The number of rotatable bonds is 4. The van der Waals surface area contributed by atoms with Gasteiger partial charge in [-0.2, -0.15) is 0 Å². The van der Waals surface area contributed by atoms with Crippen molar-refractivity contribution in [2.24, 2.45) is 0 Å². The van der Waals surface area contributed by atoms with Crippen LogP contribution in [-0.4, -0.2) is 66.3 Å². The lowest BCUT2D eigenvalue weighted by Crippen LogP contribution is -2.55. The van der Waals surface area contributed by atoms with Gasteiger partial charge in [-0.15, -0.1) is 0 Å². The van der Waals surface area contributed by atoms with Crippen LogP contribution in [0, 0.1) is 0 Å². The second-order valence-corrected chi connectivity index (χ2v) is 7.23. The third-order valence-electron chi connectivity index (χ3n) is 3.57. The summed E-state index contributed by atoms with van der Waals surface area (Å²) in [5, 5.41) is 11.8. The summed E-state index contributed by atoms with van der Waals surface area (Å²) in [4.78, 5) is 23.5. The van der Waals surface area contributed by atoms with Gasteiger partial charge in [-0.25, -0.2) is 9.59 Å². The summed E-state index contributed by atoms with van der Waals surface area (Å²) in [6.45, 7) is 8.50. The van der Waals surface area contributed by atoms with E-state index in [0.29, 0.717) is 0 Å². The van der Waals surface area contributed by atoms with Crippen LogP contribution < -0.4 is 5.32 Å². The van der Waals surface area contributed by atoms with E-state index in [1.807, 2.05) is 0 Å². The molecule has 2 aliphatic heterocycles. The summed E-state index contributed by atoms with van der Waals surface area (Å²) in [5.41, 5.74) is -0.753. The first-order valence-electron chi connectivity index (χ1n) is 7.70. The first kappa shape index (κ1) is 18.9. The fourth-order valence-corrected chi connectivity index (χ4v) is 2.76. The second-order valence-electron chi connectivity index (χ2n) is 7.23. The molecule has 2 heterocycles. The van der Waals surface area contributed by atoms with E-state index in [2.05, 4.69) is 5.32 Å². The van der Waals surface area contributed by atoms with Crippen molar-refractivity contribution in [3.8, 4) is 0 Å². The molecule has 9 nitrogen and oxygen atoms in total. The van der Waals surface area contributed by atoms with Gasteiger partial charge in [0.25, 0.3) is 0 Å². The van der Waals surface area contributed by atoms with Gasteiger partial charge in [-0.05, 0) is 34.6 Å². The van der Waals surface area contributed by atoms with Crippen LogP contribution in [0.5, 0.6) is 0 Å². The number of carbonyl (C=O) groups excluding carboxylic acids is 1. The molecule has 0 aromatic rings. The Balaban J connectivity index is 2.11. The van der Waals surface area contributed by atoms with Gasteiger partial charge in [0, 0.05) is 7.11 Å². The molecule has 2 aliphatic rings. The number of carboxylic acids is 1. The molecule has 0 saturated carbocycles. The second kappa shape index (κ2) is 6.47. The predicted octanol–water partition coefficient (Wildman–Crippen LogP) is 0.856. The van der Waals surface area contributed by atoms with Gasteiger partial charge in [-0.3, -0.25) is 0 Å². The van der Waals surface area contributed by atoms with Crippen LogP contribution in [0.2, 0.25) is 0 Å². The Bertz CT molecular complexity index is 500. The predicted molar refractivity (Wildman–Crippen MR) is 80.3 cm³/mol. The molecule has 0 radical (unpaired) electrons. The number of hydrogen-bond donors (Lipinski definition) is 2. The normalized spacial score (nSPS) is 32.9. The number of nitrogens with one attached hydrogen (secondary N) is 1. The molecule has 4 unspecified atom stereocenters. The largest absolute Gasteiger partial charge is 0.480 e. The average molecular weight is 347 g/mol. The molecule has 2 rings (SSSR count). The molecule has 2 N–H and O–H groups in total. The summed E-state index contributed by atoms with van der Waals surface area (Å²) in [6.07, 6.45) is -3.90. The maximum absolute atomic E-state index is 11.9. The number of methoxy groups -OCH3 is 1. The van der Waals surface area contributed by atoms with E-state index in [1.54, 1.807) is 34.6 Å². The lowest BCUT2D eigenvalue weighted by molar-refractivity contribution is -0.220. The van der Waals surface area contributed by atoms with E-state index in [1.165, 1.54) is 7.11 Å². The summed E-state index contributed by atoms with van der Waals surface area (Å²) in [6, 6.07) is -1.37. The molecule has 2 saturated heterocycles. The quantitative estimate of drug-likeness (QED) is 0.770. The monoisotopic (exact) mass is 347 g/mol. The fraction of sp³-hybridized carbons (Fsp3) is 0.867. The summed E-state index contributed by atoms with van der Waals surface area (Å²) in [7, 11) is 1.42. The van der Waals surface area contributed by atoms with Crippen molar-refractivity contribution in [1.82, 2.24) is 5.32 Å². The minimum Gasteiger partial charge on any atom is -0.480 e. The Kier molecular flexibility index (Phi) is 5.10. The summed E-state index contributed by atoms with van der Waals surface area (Å²) < 4.78 is 27.4. The van der Waals surface area contributed by atoms with E-state index in [-0.39, 0.29) is 0 Å². The average Bonchev–Trinajstić information content (AvgIpc) is 2.84. The maximum atomic E-state index is 11.9. The molecule has 138 valence electrons. The van der Waals surface area contributed by atoms with Crippen molar-refractivity contribution in [3.63, 3.8) is 0 Å². The van der Waals surface area contributed by atoms with E-state index >= 15 is 0 Å². The molecular weight excluding hydrogens is 322 g/mol. The van der Waals surface area contributed by atoms with Gasteiger partial charge < -0.3 is 34.1 Å². The van der Waals surface area contributed by atoms with Crippen LogP contribution in [0.4, 0.5) is 4.79 Å². The Labute approximate surface area is 140 Å². The van der Waals surface area contributed by atoms with E-state index in [0.717, 1.165) is 0 Å². The van der Waals surface area contributed by atoms with Crippen molar-refractivity contribution in [1.29, 1.82) is 0 Å². The zero-order valence-corrected chi connectivity index (χ0v) is 14.7. The van der Waals surface area contributed by atoms with E-state index < -0.39 is 54.1 Å². The van der Waals surface area contributed by atoms with Crippen molar-refractivity contribution < 1.29 is 38.4 Å². The highest BCUT2D eigenvalue weighted by atomic mass is 16.8. The SMILES string of the molecule is COC1C2OC(C)(C)OC2OC1[C@@H](NC(=O)OC(C)(C)C)C(=O)O. The minimum absolute atomic E-state index is 0.586. The van der Waals surface area contributed by atoms with Crippen LogP contribution in [0.15, 0.2) is 0 Å². The number of carboxylic acid groups (broad SMARTS) is 1. The Morgan fingerprint density at radius 3 is 2.38 bits per heavy atom. The lowest BCUT2D eigenvalue weighted by Gasteiger charge is -2.29. The van der Waals surface area contributed by atoms with Crippen LogP contribution >= 0.6 is 0 Å². The first-order valence-corrected chi connectivity index (χ1v) is 7.70. The third kappa shape index (κ3) is 4.15. The zero-order valence-electron chi connectivity index (χ0n) is 14.7. The molecule has 0 aromatic heterocycles.